The number of piperazine rings is 1. The van der Waals surface area contributed by atoms with Crippen molar-refractivity contribution in [1.82, 2.24) is 25.1 Å². The van der Waals surface area contributed by atoms with Crippen LogP contribution < -0.4 is 16.2 Å². The molecule has 0 aromatic carbocycles. The van der Waals surface area contributed by atoms with E-state index in [4.69, 9.17) is 0 Å². The third-order valence-corrected chi connectivity index (χ3v) is 5.05. The molecule has 2 aromatic heterocycles. The second kappa shape index (κ2) is 7.72. The highest BCUT2D eigenvalue weighted by molar-refractivity contribution is 7.16. The highest BCUT2D eigenvalue weighted by Gasteiger charge is 2.43. The van der Waals surface area contributed by atoms with Gasteiger partial charge < -0.3 is 10.6 Å². The van der Waals surface area contributed by atoms with Crippen LogP contribution in [0.3, 0.4) is 0 Å². The molecule has 142 valence electrons. The van der Waals surface area contributed by atoms with Gasteiger partial charge in [0.2, 0.25) is 5.91 Å². The fraction of sp³-hybridized carbons (Fsp3) is 0.533. The summed E-state index contributed by atoms with van der Waals surface area (Å²) in [7, 11) is 0. The summed E-state index contributed by atoms with van der Waals surface area (Å²) in [6, 6.07) is -0.142. The Hall–Kier alpha value is -1.98. The molecular formula is C15H18F3N5O2S. The number of amides is 1. The van der Waals surface area contributed by atoms with E-state index in [1.807, 2.05) is 0 Å². The minimum atomic E-state index is -4.45. The van der Waals surface area contributed by atoms with Gasteiger partial charge in [-0.05, 0) is 11.4 Å². The zero-order valence-corrected chi connectivity index (χ0v) is 14.6. The van der Waals surface area contributed by atoms with Crippen molar-refractivity contribution < 1.29 is 18.0 Å². The summed E-state index contributed by atoms with van der Waals surface area (Å²) in [5.74, 6) is -0.659. The molecule has 0 spiro atoms. The first-order valence-electron chi connectivity index (χ1n) is 8.07. The van der Waals surface area contributed by atoms with Gasteiger partial charge >= 0.3 is 6.18 Å². The van der Waals surface area contributed by atoms with E-state index in [9.17, 15) is 22.8 Å². The number of hydrogen-bond acceptors (Lipinski definition) is 6. The highest BCUT2D eigenvalue weighted by Crippen LogP contribution is 2.24. The lowest BCUT2D eigenvalue weighted by Gasteiger charge is -2.35. The van der Waals surface area contributed by atoms with E-state index in [-0.39, 0.29) is 25.2 Å². The van der Waals surface area contributed by atoms with E-state index in [1.54, 1.807) is 11.4 Å². The summed E-state index contributed by atoms with van der Waals surface area (Å²) in [6.07, 6.45) is -3.21. The molecule has 2 aromatic rings. The van der Waals surface area contributed by atoms with Crippen molar-refractivity contribution in [1.29, 1.82) is 0 Å². The number of thiophene rings is 1. The highest BCUT2D eigenvalue weighted by atomic mass is 32.1. The fourth-order valence-corrected chi connectivity index (χ4v) is 3.60. The molecule has 0 radical (unpaired) electrons. The van der Waals surface area contributed by atoms with E-state index in [2.05, 4.69) is 15.6 Å². The second-order valence-electron chi connectivity index (χ2n) is 5.96. The average Bonchev–Trinajstić information content (AvgIpc) is 3.07. The monoisotopic (exact) mass is 389 g/mol. The van der Waals surface area contributed by atoms with Crippen LogP contribution in [0.1, 0.15) is 0 Å². The predicted molar refractivity (Wildman–Crippen MR) is 91.2 cm³/mol. The Morgan fingerprint density at radius 2 is 2.12 bits per heavy atom. The van der Waals surface area contributed by atoms with Crippen molar-refractivity contribution in [2.45, 2.75) is 18.8 Å². The standard InChI is InChI=1S/C15H18F3N5O2S/c16-15(17,18)11(22-4-2-19-3-5-22)7-20-12(24)8-23-9-21-13-10(14(23)25)1-6-26-13/h1,6,9,11,19H,2-5,7-8H2,(H,20,24). The first-order valence-corrected chi connectivity index (χ1v) is 8.95. The molecule has 3 heterocycles. The predicted octanol–water partition coefficient (Wildman–Crippen LogP) is 0.410. The van der Waals surface area contributed by atoms with Crippen LogP contribution in [0.4, 0.5) is 13.2 Å². The Balaban J connectivity index is 1.64. The molecule has 2 N–H and O–H groups in total. The fourth-order valence-electron chi connectivity index (χ4n) is 2.87. The summed E-state index contributed by atoms with van der Waals surface area (Å²) >= 11 is 1.30. The zero-order valence-electron chi connectivity index (χ0n) is 13.8. The molecule has 0 bridgehead atoms. The number of carbonyl (C=O) groups excluding carboxylic acids is 1. The molecular weight excluding hydrogens is 371 g/mol. The molecule has 3 rings (SSSR count). The Kier molecular flexibility index (Phi) is 5.58. The van der Waals surface area contributed by atoms with Gasteiger partial charge in [-0.15, -0.1) is 11.3 Å². The van der Waals surface area contributed by atoms with E-state index >= 15 is 0 Å². The number of halogens is 3. The number of nitrogens with one attached hydrogen (secondary N) is 2. The lowest BCUT2D eigenvalue weighted by Crippen LogP contribution is -2.57. The first kappa shape index (κ1) is 18.8. The quantitative estimate of drug-likeness (QED) is 0.775. The van der Waals surface area contributed by atoms with E-state index in [0.29, 0.717) is 23.3 Å². The maximum atomic E-state index is 13.3. The van der Waals surface area contributed by atoms with Gasteiger partial charge in [-0.1, -0.05) is 0 Å². The number of rotatable bonds is 5. The summed E-state index contributed by atoms with van der Waals surface area (Å²) in [6.45, 7) is 0.552. The molecule has 1 aliphatic heterocycles. The Labute approximate surface area is 150 Å². The molecule has 1 saturated heterocycles. The maximum Gasteiger partial charge on any atom is 0.405 e. The topological polar surface area (TPSA) is 79.3 Å². The van der Waals surface area contributed by atoms with Gasteiger partial charge in [0.05, 0.1) is 11.7 Å². The summed E-state index contributed by atoms with van der Waals surface area (Å²) < 4.78 is 41.0. The third kappa shape index (κ3) is 4.22. The van der Waals surface area contributed by atoms with Gasteiger partial charge in [0.15, 0.2) is 0 Å². The zero-order chi connectivity index (χ0) is 18.7. The molecule has 1 fully saturated rings. The number of nitrogens with zero attached hydrogens (tertiary/aromatic N) is 3. The van der Waals surface area contributed by atoms with Gasteiger partial charge in [0.25, 0.3) is 5.56 Å². The van der Waals surface area contributed by atoms with Crippen LogP contribution in [0, 0.1) is 0 Å². The number of aromatic nitrogens is 2. The van der Waals surface area contributed by atoms with Crippen LogP contribution in [-0.2, 0) is 11.3 Å². The summed E-state index contributed by atoms with van der Waals surface area (Å²) in [5.41, 5.74) is -0.388. The molecule has 1 aliphatic rings. The minimum Gasteiger partial charge on any atom is -0.353 e. The van der Waals surface area contributed by atoms with Crippen LogP contribution in [-0.4, -0.2) is 65.3 Å². The number of alkyl halides is 3. The van der Waals surface area contributed by atoms with Crippen LogP contribution in [0.2, 0.25) is 0 Å². The molecule has 0 aliphatic carbocycles. The van der Waals surface area contributed by atoms with Crippen molar-refractivity contribution in [2.24, 2.45) is 0 Å². The van der Waals surface area contributed by atoms with Gasteiger partial charge in [-0.2, -0.15) is 13.2 Å². The summed E-state index contributed by atoms with van der Waals surface area (Å²) in [5, 5.41) is 7.40. The normalized spacial score (nSPS) is 17.3. The van der Waals surface area contributed by atoms with Crippen molar-refractivity contribution in [3.05, 3.63) is 28.1 Å². The Bertz CT molecular complexity index is 829. The van der Waals surface area contributed by atoms with Crippen LogP contribution in [0.25, 0.3) is 10.2 Å². The Morgan fingerprint density at radius 3 is 2.81 bits per heavy atom. The minimum absolute atomic E-state index is 0.262. The molecule has 11 heteroatoms. The van der Waals surface area contributed by atoms with Gasteiger partial charge in [-0.25, -0.2) is 4.98 Å². The van der Waals surface area contributed by atoms with Gasteiger partial charge in [0.1, 0.15) is 17.4 Å². The maximum absolute atomic E-state index is 13.3. The first-order chi connectivity index (χ1) is 12.4. The van der Waals surface area contributed by atoms with Crippen molar-refractivity contribution in [3.63, 3.8) is 0 Å². The van der Waals surface area contributed by atoms with Crippen LogP contribution in [0.15, 0.2) is 22.6 Å². The van der Waals surface area contributed by atoms with E-state index in [1.165, 1.54) is 22.6 Å². The largest absolute Gasteiger partial charge is 0.405 e. The van der Waals surface area contributed by atoms with Crippen LogP contribution in [0.5, 0.6) is 0 Å². The molecule has 0 saturated carbocycles. The summed E-state index contributed by atoms with van der Waals surface area (Å²) in [4.78, 5) is 30.2. The van der Waals surface area contributed by atoms with Crippen molar-refractivity contribution >= 4 is 27.5 Å². The number of hydrogen-bond donors (Lipinski definition) is 2. The average molecular weight is 389 g/mol. The SMILES string of the molecule is O=C(Cn1cnc2sccc2c1=O)NCC(N1CCNCC1)C(F)(F)F. The number of fused-ring (bicyclic) bond motifs is 1. The van der Waals surface area contributed by atoms with Crippen molar-refractivity contribution in [3.8, 4) is 0 Å². The van der Waals surface area contributed by atoms with Crippen molar-refractivity contribution in [2.75, 3.05) is 32.7 Å². The lowest BCUT2D eigenvalue weighted by atomic mass is 10.2. The van der Waals surface area contributed by atoms with E-state index in [0.717, 1.165) is 4.57 Å². The Morgan fingerprint density at radius 1 is 1.38 bits per heavy atom. The number of carbonyl (C=O) groups is 1. The molecule has 7 nitrogen and oxygen atoms in total. The molecule has 1 unspecified atom stereocenters. The third-order valence-electron chi connectivity index (χ3n) is 4.23. The molecule has 26 heavy (non-hydrogen) atoms. The lowest BCUT2D eigenvalue weighted by molar-refractivity contribution is -0.184. The molecule has 1 amide bonds. The molecule has 1 atom stereocenters. The smallest absolute Gasteiger partial charge is 0.353 e. The van der Waals surface area contributed by atoms with Gasteiger partial charge in [-0.3, -0.25) is 19.1 Å². The van der Waals surface area contributed by atoms with Gasteiger partial charge in [0, 0.05) is 32.7 Å². The van der Waals surface area contributed by atoms with E-state index < -0.39 is 24.7 Å². The van der Waals surface area contributed by atoms with Crippen LogP contribution >= 0.6 is 11.3 Å². The second-order valence-corrected chi connectivity index (χ2v) is 6.86.